The van der Waals surface area contributed by atoms with Crippen molar-refractivity contribution in [2.24, 2.45) is 0 Å². The van der Waals surface area contributed by atoms with Crippen molar-refractivity contribution in [3.63, 3.8) is 0 Å². The van der Waals surface area contributed by atoms with Crippen molar-refractivity contribution >= 4 is 28.1 Å². The summed E-state index contributed by atoms with van der Waals surface area (Å²) >= 11 is 1.35. The zero-order valence-corrected chi connectivity index (χ0v) is 11.8. The van der Waals surface area contributed by atoms with E-state index in [2.05, 4.69) is 15.3 Å². The van der Waals surface area contributed by atoms with Gasteiger partial charge in [-0.2, -0.15) is 0 Å². The molecule has 2 aromatic rings. The summed E-state index contributed by atoms with van der Waals surface area (Å²) in [4.78, 5) is 20.4. The number of rotatable bonds is 3. The van der Waals surface area contributed by atoms with Crippen LogP contribution in [0.3, 0.4) is 0 Å². The van der Waals surface area contributed by atoms with Crippen molar-refractivity contribution in [2.75, 3.05) is 5.32 Å². The second-order valence-corrected chi connectivity index (χ2v) is 4.33. The average molecular weight is 313 g/mol. The van der Waals surface area contributed by atoms with Crippen LogP contribution in [-0.2, 0) is 0 Å². The standard InChI is InChI=1S/C11H11N3OS.BrH/c1-7-10(8(2)15)16-11(13-7)14-9-5-3-4-6-12-9;/h3-6H,1-2H3,(H,12,13,14);1H/p-1. The number of carbonyl (C=O) groups excluding carboxylic acids is 1. The third kappa shape index (κ3) is 3.34. The van der Waals surface area contributed by atoms with Gasteiger partial charge in [0.2, 0.25) is 0 Å². The minimum Gasteiger partial charge on any atom is -1.00 e. The van der Waals surface area contributed by atoms with Gasteiger partial charge in [-0.3, -0.25) is 4.79 Å². The fourth-order valence-corrected chi connectivity index (χ4v) is 2.19. The van der Waals surface area contributed by atoms with Crippen LogP contribution in [-0.4, -0.2) is 15.8 Å². The fourth-order valence-electron chi connectivity index (χ4n) is 1.32. The van der Waals surface area contributed by atoms with E-state index < -0.39 is 0 Å². The van der Waals surface area contributed by atoms with Crippen LogP contribution in [0.25, 0.3) is 0 Å². The van der Waals surface area contributed by atoms with Crippen LogP contribution in [0.5, 0.6) is 0 Å². The monoisotopic (exact) mass is 312 g/mol. The highest BCUT2D eigenvalue weighted by molar-refractivity contribution is 7.17. The van der Waals surface area contributed by atoms with Gasteiger partial charge in [0.25, 0.3) is 0 Å². The quantitative estimate of drug-likeness (QED) is 0.797. The number of anilines is 2. The second-order valence-electron chi connectivity index (χ2n) is 3.33. The first-order valence-electron chi connectivity index (χ1n) is 4.83. The molecule has 0 unspecified atom stereocenters. The molecule has 0 aliphatic heterocycles. The topological polar surface area (TPSA) is 54.9 Å². The van der Waals surface area contributed by atoms with E-state index in [1.165, 1.54) is 11.3 Å². The molecule has 2 rings (SSSR count). The number of nitrogens with one attached hydrogen (secondary N) is 1. The van der Waals surface area contributed by atoms with E-state index in [4.69, 9.17) is 0 Å². The van der Waals surface area contributed by atoms with Crippen LogP contribution in [0, 0.1) is 6.92 Å². The lowest BCUT2D eigenvalue weighted by molar-refractivity contribution is -0.0000116. The highest BCUT2D eigenvalue weighted by Gasteiger charge is 2.11. The van der Waals surface area contributed by atoms with Crippen LogP contribution in [0.15, 0.2) is 24.4 Å². The van der Waals surface area contributed by atoms with Crippen molar-refractivity contribution in [3.05, 3.63) is 35.0 Å². The van der Waals surface area contributed by atoms with Gasteiger partial charge in [-0.15, -0.1) is 0 Å². The maximum absolute atomic E-state index is 11.3. The van der Waals surface area contributed by atoms with Gasteiger partial charge < -0.3 is 22.3 Å². The first-order valence-corrected chi connectivity index (χ1v) is 5.65. The van der Waals surface area contributed by atoms with E-state index in [0.29, 0.717) is 10.0 Å². The van der Waals surface area contributed by atoms with E-state index in [0.717, 1.165) is 11.5 Å². The van der Waals surface area contributed by atoms with Crippen molar-refractivity contribution in [3.8, 4) is 0 Å². The minimum atomic E-state index is 0. The van der Waals surface area contributed by atoms with Crippen molar-refractivity contribution in [2.45, 2.75) is 13.8 Å². The molecule has 0 amide bonds. The molecule has 17 heavy (non-hydrogen) atoms. The Labute approximate surface area is 114 Å². The van der Waals surface area contributed by atoms with Crippen molar-refractivity contribution in [1.29, 1.82) is 0 Å². The Bertz CT molecular complexity index is 513. The fraction of sp³-hybridized carbons (Fsp3) is 0.182. The molecule has 0 saturated carbocycles. The maximum Gasteiger partial charge on any atom is 0.189 e. The number of hydrogen-bond donors (Lipinski definition) is 1. The zero-order chi connectivity index (χ0) is 11.5. The van der Waals surface area contributed by atoms with Gasteiger partial charge in [-0.05, 0) is 19.1 Å². The highest BCUT2D eigenvalue weighted by atomic mass is 79.9. The number of ketones is 1. The Morgan fingerprint density at radius 1 is 1.41 bits per heavy atom. The molecule has 2 heterocycles. The minimum absolute atomic E-state index is 0. The van der Waals surface area contributed by atoms with Gasteiger partial charge in [-0.25, -0.2) is 9.97 Å². The summed E-state index contributed by atoms with van der Waals surface area (Å²) < 4.78 is 0. The molecule has 0 aliphatic rings. The van der Waals surface area contributed by atoms with E-state index in [-0.39, 0.29) is 22.8 Å². The number of halogens is 1. The van der Waals surface area contributed by atoms with Crippen LogP contribution in [0.1, 0.15) is 22.3 Å². The summed E-state index contributed by atoms with van der Waals surface area (Å²) in [5, 5.41) is 3.76. The molecular weight excluding hydrogens is 302 g/mol. The Morgan fingerprint density at radius 3 is 2.71 bits per heavy atom. The summed E-state index contributed by atoms with van der Waals surface area (Å²) in [6, 6.07) is 5.59. The predicted molar refractivity (Wildman–Crippen MR) is 64.4 cm³/mol. The first-order chi connectivity index (χ1) is 7.66. The summed E-state index contributed by atoms with van der Waals surface area (Å²) in [6.07, 6.45) is 1.70. The molecule has 1 N–H and O–H groups in total. The van der Waals surface area contributed by atoms with Gasteiger partial charge in [0.15, 0.2) is 10.9 Å². The van der Waals surface area contributed by atoms with Gasteiger partial charge in [0, 0.05) is 13.1 Å². The molecular formula is C11H11BrN3OS-. The Balaban J connectivity index is 0.00000144. The summed E-state index contributed by atoms with van der Waals surface area (Å²) in [5.41, 5.74) is 0.760. The van der Waals surface area contributed by atoms with Gasteiger partial charge in [0.05, 0.1) is 10.6 Å². The lowest BCUT2D eigenvalue weighted by Gasteiger charge is -1.98. The molecule has 0 bridgehead atoms. The largest absolute Gasteiger partial charge is 1.00 e. The average Bonchev–Trinajstić information content (AvgIpc) is 2.61. The number of pyridine rings is 1. The Hall–Kier alpha value is -1.27. The molecule has 2 aromatic heterocycles. The Kier molecular flexibility index (Phi) is 4.77. The molecule has 0 atom stereocenters. The number of hydrogen-bond acceptors (Lipinski definition) is 5. The van der Waals surface area contributed by atoms with E-state index in [1.54, 1.807) is 13.1 Å². The third-order valence-corrected chi connectivity index (χ3v) is 3.19. The summed E-state index contributed by atoms with van der Waals surface area (Å²) in [6.45, 7) is 3.38. The lowest BCUT2D eigenvalue weighted by Crippen LogP contribution is -3.00. The molecule has 0 aromatic carbocycles. The molecule has 0 radical (unpaired) electrons. The van der Waals surface area contributed by atoms with Crippen molar-refractivity contribution in [1.82, 2.24) is 9.97 Å². The molecule has 0 fully saturated rings. The normalized spacial score (nSPS) is 9.53. The number of aryl methyl sites for hydroxylation is 1. The Morgan fingerprint density at radius 2 is 2.18 bits per heavy atom. The lowest BCUT2D eigenvalue weighted by atomic mass is 10.3. The van der Waals surface area contributed by atoms with Crippen LogP contribution >= 0.6 is 11.3 Å². The maximum atomic E-state index is 11.3. The van der Waals surface area contributed by atoms with Crippen molar-refractivity contribution < 1.29 is 21.8 Å². The number of carbonyl (C=O) groups is 1. The van der Waals surface area contributed by atoms with Crippen LogP contribution in [0.4, 0.5) is 10.9 Å². The molecule has 90 valence electrons. The predicted octanol–water partition coefficient (Wildman–Crippen LogP) is -0.203. The molecule has 4 nitrogen and oxygen atoms in total. The number of thiazole rings is 1. The smallest absolute Gasteiger partial charge is 0.189 e. The van der Waals surface area contributed by atoms with E-state index in [9.17, 15) is 4.79 Å². The van der Waals surface area contributed by atoms with Gasteiger partial charge >= 0.3 is 0 Å². The number of Topliss-reactive ketones (excluding diaryl/α,β-unsaturated/α-hetero) is 1. The first kappa shape index (κ1) is 13.8. The number of aromatic nitrogens is 2. The summed E-state index contributed by atoms with van der Waals surface area (Å²) in [7, 11) is 0. The molecule has 6 heteroatoms. The molecule has 0 saturated heterocycles. The highest BCUT2D eigenvalue weighted by Crippen LogP contribution is 2.25. The second kappa shape index (κ2) is 5.88. The third-order valence-electron chi connectivity index (χ3n) is 2.02. The summed E-state index contributed by atoms with van der Waals surface area (Å²) in [5.74, 6) is 0.774. The van der Waals surface area contributed by atoms with Crippen LogP contribution in [0.2, 0.25) is 0 Å². The SMILES string of the molecule is CC(=O)c1sc(Nc2ccccn2)nc1C.[Br-]. The molecule has 0 aliphatic carbocycles. The van der Waals surface area contributed by atoms with E-state index >= 15 is 0 Å². The van der Waals surface area contributed by atoms with Gasteiger partial charge in [-0.1, -0.05) is 17.4 Å². The van der Waals surface area contributed by atoms with Crippen LogP contribution < -0.4 is 22.3 Å². The number of nitrogens with zero attached hydrogens (tertiary/aromatic N) is 2. The zero-order valence-electron chi connectivity index (χ0n) is 9.40. The van der Waals surface area contributed by atoms with E-state index in [1.807, 2.05) is 25.1 Å². The van der Waals surface area contributed by atoms with Gasteiger partial charge in [0.1, 0.15) is 5.82 Å². The molecule has 0 spiro atoms.